The van der Waals surface area contributed by atoms with Crippen LogP contribution in [-0.2, 0) is 11.8 Å². The highest BCUT2D eigenvalue weighted by Gasteiger charge is 2.32. The molecule has 7 nitrogen and oxygen atoms in total. The van der Waals surface area contributed by atoms with Crippen molar-refractivity contribution in [1.82, 2.24) is 14.8 Å². The number of aliphatic hydroxyl groups is 1. The molecule has 2 aliphatic carbocycles. The highest BCUT2D eigenvalue weighted by Crippen LogP contribution is 2.39. The standard InChI is InChI=1S/C31H40N4O3/c1-21-17-25(13-16-29(21)38-3)23-9-7-22(8-10-23)19-35(31(37)24-11-14-28(36)15-12-24)27-6-4-5-26(18-27)30-32-20-34(2)33-30/h4-6,13,16-18,20,22-24,28,36H,7-12,14-15,19H2,1-3H3. The number of aromatic nitrogens is 3. The Labute approximate surface area is 225 Å². The summed E-state index contributed by atoms with van der Waals surface area (Å²) >= 11 is 0. The summed E-state index contributed by atoms with van der Waals surface area (Å²) < 4.78 is 7.14. The summed E-state index contributed by atoms with van der Waals surface area (Å²) in [5.41, 5.74) is 4.41. The minimum atomic E-state index is -0.275. The zero-order chi connectivity index (χ0) is 26.6. The number of anilines is 1. The van der Waals surface area contributed by atoms with E-state index in [4.69, 9.17) is 4.74 Å². The van der Waals surface area contributed by atoms with E-state index in [-0.39, 0.29) is 17.9 Å². The lowest BCUT2D eigenvalue weighted by Gasteiger charge is -2.36. The summed E-state index contributed by atoms with van der Waals surface area (Å²) in [5.74, 6) is 2.77. The predicted octanol–water partition coefficient (Wildman–Crippen LogP) is 5.66. The molecular weight excluding hydrogens is 476 g/mol. The molecule has 1 amide bonds. The SMILES string of the molecule is COc1ccc(C2CCC(CN(C(=O)C3CCC(O)CC3)c3cccc(-c4ncn(C)n4)c3)CC2)cc1C. The normalized spacial score (nSPS) is 23.7. The minimum absolute atomic E-state index is 0.0337. The molecule has 0 saturated heterocycles. The molecule has 3 aromatic rings. The molecule has 202 valence electrons. The van der Waals surface area contributed by atoms with Crippen molar-refractivity contribution < 1.29 is 14.6 Å². The molecule has 0 bridgehead atoms. The number of rotatable bonds is 7. The number of benzene rings is 2. The molecule has 1 N–H and O–H groups in total. The zero-order valence-corrected chi connectivity index (χ0v) is 22.8. The van der Waals surface area contributed by atoms with Gasteiger partial charge in [-0.1, -0.05) is 24.3 Å². The van der Waals surface area contributed by atoms with Gasteiger partial charge in [-0.3, -0.25) is 9.48 Å². The smallest absolute Gasteiger partial charge is 0.230 e. The second-order valence-electron chi connectivity index (χ2n) is 11.2. The van der Waals surface area contributed by atoms with Crippen molar-refractivity contribution in [2.75, 3.05) is 18.6 Å². The van der Waals surface area contributed by atoms with Gasteiger partial charge in [0.25, 0.3) is 0 Å². The van der Waals surface area contributed by atoms with Gasteiger partial charge in [-0.05, 0) is 99.5 Å². The molecule has 7 heteroatoms. The third-order valence-electron chi connectivity index (χ3n) is 8.51. The first-order valence-electron chi connectivity index (χ1n) is 14.0. The van der Waals surface area contributed by atoms with Gasteiger partial charge in [0.15, 0.2) is 5.82 Å². The number of amides is 1. The molecule has 2 aliphatic rings. The van der Waals surface area contributed by atoms with Crippen LogP contribution in [0.1, 0.15) is 68.4 Å². The lowest BCUT2D eigenvalue weighted by Crippen LogP contribution is -2.41. The maximum atomic E-state index is 13.9. The monoisotopic (exact) mass is 516 g/mol. The van der Waals surface area contributed by atoms with Gasteiger partial charge in [-0.15, -0.1) is 0 Å². The molecule has 0 radical (unpaired) electrons. The summed E-state index contributed by atoms with van der Waals surface area (Å²) in [7, 11) is 3.58. The van der Waals surface area contributed by atoms with Crippen LogP contribution in [0.4, 0.5) is 5.69 Å². The first-order valence-corrected chi connectivity index (χ1v) is 14.0. The number of nitrogens with zero attached hydrogens (tertiary/aromatic N) is 4. The molecule has 2 fully saturated rings. The fourth-order valence-electron chi connectivity index (χ4n) is 6.24. The van der Waals surface area contributed by atoms with E-state index >= 15 is 0 Å². The molecule has 0 unspecified atom stereocenters. The number of hydrogen-bond donors (Lipinski definition) is 1. The molecule has 0 atom stereocenters. The van der Waals surface area contributed by atoms with Crippen LogP contribution >= 0.6 is 0 Å². The topological polar surface area (TPSA) is 80.5 Å². The molecule has 5 rings (SSSR count). The average Bonchev–Trinajstić information content (AvgIpc) is 3.38. The molecule has 2 saturated carbocycles. The lowest BCUT2D eigenvalue weighted by atomic mass is 9.78. The molecule has 0 spiro atoms. The van der Waals surface area contributed by atoms with Gasteiger partial charge in [0.1, 0.15) is 12.1 Å². The van der Waals surface area contributed by atoms with Gasteiger partial charge in [0, 0.05) is 30.8 Å². The van der Waals surface area contributed by atoms with E-state index in [0.717, 1.165) is 62.1 Å². The van der Waals surface area contributed by atoms with Crippen molar-refractivity contribution in [3.8, 4) is 17.1 Å². The van der Waals surface area contributed by atoms with Gasteiger partial charge in [0.05, 0.1) is 13.2 Å². The Balaban J connectivity index is 1.32. The third kappa shape index (κ3) is 5.93. The van der Waals surface area contributed by atoms with Crippen LogP contribution < -0.4 is 9.64 Å². The summed E-state index contributed by atoms with van der Waals surface area (Å²) in [6, 6.07) is 14.6. The van der Waals surface area contributed by atoms with E-state index in [9.17, 15) is 9.90 Å². The van der Waals surface area contributed by atoms with E-state index in [2.05, 4.69) is 41.3 Å². The van der Waals surface area contributed by atoms with Crippen LogP contribution in [0.3, 0.4) is 0 Å². The van der Waals surface area contributed by atoms with Gasteiger partial charge in [-0.25, -0.2) is 4.98 Å². The second-order valence-corrected chi connectivity index (χ2v) is 11.2. The number of aryl methyl sites for hydroxylation is 2. The van der Waals surface area contributed by atoms with Gasteiger partial charge < -0.3 is 14.7 Å². The molecule has 1 heterocycles. The van der Waals surface area contributed by atoms with Gasteiger partial charge >= 0.3 is 0 Å². The van der Waals surface area contributed by atoms with Crippen LogP contribution in [0.25, 0.3) is 11.4 Å². The van der Waals surface area contributed by atoms with E-state index in [1.165, 1.54) is 11.1 Å². The summed E-state index contributed by atoms with van der Waals surface area (Å²) in [6.45, 7) is 2.83. The van der Waals surface area contributed by atoms with Gasteiger partial charge in [-0.2, -0.15) is 5.10 Å². The molecule has 38 heavy (non-hydrogen) atoms. The van der Waals surface area contributed by atoms with Crippen LogP contribution in [0.2, 0.25) is 0 Å². The Bertz CT molecular complexity index is 1240. The Morgan fingerprint density at radius 3 is 2.47 bits per heavy atom. The summed E-state index contributed by atoms with van der Waals surface area (Å²) in [4.78, 5) is 20.3. The summed E-state index contributed by atoms with van der Waals surface area (Å²) in [6.07, 6.45) is 8.79. The predicted molar refractivity (Wildman–Crippen MR) is 149 cm³/mol. The van der Waals surface area contributed by atoms with Crippen LogP contribution in [-0.4, -0.2) is 45.5 Å². The second kappa shape index (κ2) is 11.7. The highest BCUT2D eigenvalue weighted by molar-refractivity contribution is 5.95. The quantitative estimate of drug-likeness (QED) is 0.438. The minimum Gasteiger partial charge on any atom is -0.496 e. The third-order valence-corrected chi connectivity index (χ3v) is 8.51. The maximum Gasteiger partial charge on any atom is 0.230 e. The average molecular weight is 517 g/mol. The Kier molecular flexibility index (Phi) is 8.12. The molecule has 0 aliphatic heterocycles. The van der Waals surface area contributed by atoms with Crippen molar-refractivity contribution in [1.29, 1.82) is 0 Å². The number of carbonyl (C=O) groups is 1. The number of methoxy groups -OCH3 is 1. The van der Waals surface area contributed by atoms with Crippen molar-refractivity contribution in [2.24, 2.45) is 18.9 Å². The van der Waals surface area contributed by atoms with Crippen molar-refractivity contribution in [3.63, 3.8) is 0 Å². The van der Waals surface area contributed by atoms with E-state index in [1.807, 2.05) is 30.1 Å². The highest BCUT2D eigenvalue weighted by atomic mass is 16.5. The largest absolute Gasteiger partial charge is 0.496 e. The van der Waals surface area contributed by atoms with Crippen LogP contribution in [0, 0.1) is 18.8 Å². The maximum absolute atomic E-state index is 13.9. The van der Waals surface area contributed by atoms with Gasteiger partial charge in [0.2, 0.25) is 5.91 Å². The Morgan fingerprint density at radius 2 is 1.82 bits per heavy atom. The Morgan fingerprint density at radius 1 is 1.05 bits per heavy atom. The number of aliphatic hydroxyl groups excluding tert-OH is 1. The van der Waals surface area contributed by atoms with E-state index < -0.39 is 0 Å². The number of carbonyl (C=O) groups excluding carboxylic acids is 1. The molecule has 1 aromatic heterocycles. The van der Waals surface area contributed by atoms with E-state index in [0.29, 0.717) is 30.5 Å². The van der Waals surface area contributed by atoms with Crippen molar-refractivity contribution in [3.05, 3.63) is 59.9 Å². The number of ether oxygens (including phenoxy) is 1. The van der Waals surface area contributed by atoms with Crippen molar-refractivity contribution >= 4 is 11.6 Å². The fourth-order valence-corrected chi connectivity index (χ4v) is 6.24. The van der Waals surface area contributed by atoms with Crippen LogP contribution in [0.5, 0.6) is 5.75 Å². The lowest BCUT2D eigenvalue weighted by molar-refractivity contribution is -0.124. The van der Waals surface area contributed by atoms with Crippen LogP contribution in [0.15, 0.2) is 48.8 Å². The fraction of sp³-hybridized carbons (Fsp3) is 0.516. The summed E-state index contributed by atoms with van der Waals surface area (Å²) in [5, 5.41) is 14.5. The van der Waals surface area contributed by atoms with Crippen molar-refractivity contribution in [2.45, 2.75) is 70.3 Å². The first kappa shape index (κ1) is 26.4. The first-order chi connectivity index (χ1) is 18.4. The Hall–Kier alpha value is -3.19. The zero-order valence-electron chi connectivity index (χ0n) is 22.8. The molecule has 2 aromatic carbocycles. The number of hydrogen-bond acceptors (Lipinski definition) is 5. The molecular formula is C31H40N4O3. The van der Waals surface area contributed by atoms with E-state index in [1.54, 1.807) is 18.1 Å².